The Morgan fingerprint density at radius 2 is 2.03 bits per heavy atom. The van der Waals surface area contributed by atoms with Crippen molar-refractivity contribution in [2.45, 2.75) is 6.18 Å². The fourth-order valence-electron chi connectivity index (χ4n) is 2.64. The number of amidine groups is 2. The molecular formula is C17H7BrF3N5O4S. The number of amides is 1. The van der Waals surface area contributed by atoms with Crippen LogP contribution in [-0.4, -0.2) is 38.1 Å². The molecule has 0 bridgehead atoms. The maximum atomic E-state index is 12.9. The minimum atomic E-state index is -4.73. The Balaban J connectivity index is 1.64. The maximum Gasteiger partial charge on any atom is 0.441 e. The number of aliphatic imine (C=N–C) groups is 1. The number of carbonyl (C=O) groups is 1. The van der Waals surface area contributed by atoms with E-state index in [-0.39, 0.29) is 34.0 Å². The van der Waals surface area contributed by atoms with Crippen LogP contribution in [-0.2, 0) is 4.79 Å². The number of rotatable bonds is 3. The van der Waals surface area contributed by atoms with Gasteiger partial charge in [0.05, 0.1) is 10.5 Å². The van der Waals surface area contributed by atoms with Crippen LogP contribution < -0.4 is 0 Å². The first-order chi connectivity index (χ1) is 14.5. The van der Waals surface area contributed by atoms with Gasteiger partial charge in [0.2, 0.25) is 10.2 Å². The summed E-state index contributed by atoms with van der Waals surface area (Å²) in [6.07, 6.45) is -3.56. The summed E-state index contributed by atoms with van der Waals surface area (Å²) in [7, 11) is 0. The zero-order valence-corrected chi connectivity index (χ0v) is 17.2. The number of non-ortho nitro benzene ring substituents is 1. The molecule has 2 aliphatic rings. The molecule has 0 atom stereocenters. The van der Waals surface area contributed by atoms with Gasteiger partial charge in [-0.1, -0.05) is 0 Å². The number of nitrogens with zero attached hydrogens (tertiary/aromatic N) is 4. The van der Waals surface area contributed by atoms with E-state index < -0.39 is 27.9 Å². The van der Waals surface area contributed by atoms with Gasteiger partial charge in [-0.15, -0.1) is 0 Å². The Labute approximate surface area is 183 Å². The second-order valence-electron chi connectivity index (χ2n) is 6.05. The van der Waals surface area contributed by atoms with Crippen molar-refractivity contribution in [2.75, 3.05) is 0 Å². The predicted octanol–water partition coefficient (Wildman–Crippen LogP) is 4.80. The lowest BCUT2D eigenvalue weighted by Gasteiger charge is -2.19. The van der Waals surface area contributed by atoms with Crippen LogP contribution in [0.5, 0.6) is 0 Å². The van der Waals surface area contributed by atoms with Gasteiger partial charge in [-0.2, -0.15) is 28.3 Å². The summed E-state index contributed by atoms with van der Waals surface area (Å²) >= 11 is 3.39. The molecule has 4 rings (SSSR count). The molecule has 0 unspecified atom stereocenters. The van der Waals surface area contributed by atoms with E-state index in [1.54, 1.807) is 0 Å². The van der Waals surface area contributed by atoms with Crippen molar-refractivity contribution in [3.05, 3.63) is 56.3 Å². The van der Waals surface area contributed by atoms with Crippen molar-refractivity contribution in [3.63, 3.8) is 0 Å². The van der Waals surface area contributed by atoms with E-state index in [0.717, 1.165) is 0 Å². The third-order valence-electron chi connectivity index (χ3n) is 4.04. The lowest BCUT2D eigenvalue weighted by molar-refractivity contribution is -0.384. The molecule has 0 aliphatic carbocycles. The van der Waals surface area contributed by atoms with Gasteiger partial charge in [0.25, 0.3) is 11.6 Å². The van der Waals surface area contributed by atoms with Gasteiger partial charge in [-0.05, 0) is 52.0 Å². The number of benzene rings is 1. The largest absolute Gasteiger partial charge is 0.457 e. The number of thioether (sulfide) groups is 1. The summed E-state index contributed by atoms with van der Waals surface area (Å²) in [5, 5.41) is 21.3. The van der Waals surface area contributed by atoms with E-state index in [2.05, 4.69) is 26.0 Å². The van der Waals surface area contributed by atoms with E-state index in [1.807, 2.05) is 0 Å². The van der Waals surface area contributed by atoms with E-state index in [9.17, 15) is 28.1 Å². The van der Waals surface area contributed by atoms with Crippen LogP contribution in [0.4, 0.5) is 18.9 Å². The van der Waals surface area contributed by atoms with Gasteiger partial charge in [-0.3, -0.25) is 20.3 Å². The highest BCUT2D eigenvalue weighted by Crippen LogP contribution is 2.36. The van der Waals surface area contributed by atoms with Gasteiger partial charge < -0.3 is 4.42 Å². The molecule has 2 aliphatic heterocycles. The van der Waals surface area contributed by atoms with Crippen molar-refractivity contribution < 1.29 is 27.3 Å². The highest BCUT2D eigenvalue weighted by atomic mass is 79.9. The Morgan fingerprint density at radius 3 is 2.68 bits per heavy atom. The number of alkyl halides is 3. The summed E-state index contributed by atoms with van der Waals surface area (Å²) in [6.45, 7) is 0. The summed E-state index contributed by atoms with van der Waals surface area (Å²) in [4.78, 5) is 26.1. The van der Waals surface area contributed by atoms with Crippen LogP contribution in [0, 0.1) is 15.5 Å². The number of halogens is 4. The van der Waals surface area contributed by atoms with Crippen LogP contribution in [0.15, 0.2) is 54.9 Å². The second kappa shape index (κ2) is 7.46. The van der Waals surface area contributed by atoms with Gasteiger partial charge in [-0.25, -0.2) is 0 Å². The van der Waals surface area contributed by atoms with Gasteiger partial charge in [0, 0.05) is 22.2 Å². The fraction of sp³-hybridized carbons (Fsp3) is 0.0588. The number of furan rings is 1. The summed E-state index contributed by atoms with van der Waals surface area (Å²) < 4.78 is 44.6. The first-order valence-electron chi connectivity index (χ1n) is 8.16. The van der Waals surface area contributed by atoms with Crippen molar-refractivity contribution in [1.29, 1.82) is 5.41 Å². The molecule has 14 heteroatoms. The lowest BCUT2D eigenvalue weighted by Crippen LogP contribution is -2.35. The Morgan fingerprint density at radius 1 is 1.29 bits per heavy atom. The van der Waals surface area contributed by atoms with E-state index in [1.165, 1.54) is 36.4 Å². The minimum Gasteiger partial charge on any atom is -0.457 e. The van der Waals surface area contributed by atoms with E-state index in [4.69, 9.17) is 9.83 Å². The second-order valence-corrected chi connectivity index (χ2v) is 7.86. The quantitative estimate of drug-likeness (QED) is 0.357. The van der Waals surface area contributed by atoms with Crippen molar-refractivity contribution in [1.82, 2.24) is 5.01 Å². The van der Waals surface area contributed by atoms with E-state index in [0.29, 0.717) is 20.8 Å². The molecule has 0 fully saturated rings. The van der Waals surface area contributed by atoms with Gasteiger partial charge in [0.1, 0.15) is 11.5 Å². The first-order valence-corrected chi connectivity index (χ1v) is 9.77. The summed E-state index contributed by atoms with van der Waals surface area (Å²) in [5.41, 5.74) is 0.0675. The Bertz CT molecular complexity index is 1250. The normalized spacial score (nSPS) is 17.7. The molecule has 1 aromatic carbocycles. The zero-order valence-electron chi connectivity index (χ0n) is 14.8. The average molecular weight is 514 g/mol. The third-order valence-corrected chi connectivity index (χ3v) is 5.65. The highest BCUT2D eigenvalue weighted by molar-refractivity contribution is 9.10. The molecule has 0 radical (unpaired) electrons. The molecule has 9 nitrogen and oxygen atoms in total. The molecule has 1 N–H and O–H groups in total. The molecule has 158 valence electrons. The smallest absolute Gasteiger partial charge is 0.441 e. The standard InChI is InChI=1S/C17H7BrF3N5O4S/c18-11-5-7(26(28)29)1-3-9(11)12-4-2-8(30-12)6-10-13(22)25-16(23-14(10)27)31-15(24-25)17(19,20)21/h1-6,22H/b10-6-,22-13?. The molecule has 0 saturated carbocycles. The zero-order chi connectivity index (χ0) is 22.5. The lowest BCUT2D eigenvalue weighted by atomic mass is 10.1. The molecule has 31 heavy (non-hydrogen) atoms. The number of hydrogen-bond donors (Lipinski definition) is 1. The monoisotopic (exact) mass is 513 g/mol. The molecule has 3 heterocycles. The predicted molar refractivity (Wildman–Crippen MR) is 110 cm³/mol. The molecule has 1 aromatic heterocycles. The van der Waals surface area contributed by atoms with Crippen molar-refractivity contribution in [3.8, 4) is 11.3 Å². The topological polar surface area (TPSA) is 125 Å². The molecular weight excluding hydrogens is 507 g/mol. The number of fused-ring (bicyclic) bond motifs is 1. The summed E-state index contributed by atoms with van der Waals surface area (Å²) in [6, 6.07) is 7.07. The Kier molecular flexibility index (Phi) is 5.05. The maximum absolute atomic E-state index is 12.9. The minimum absolute atomic E-state index is 0.123. The number of hydrazone groups is 1. The molecule has 1 amide bonds. The summed E-state index contributed by atoms with van der Waals surface area (Å²) in [5.74, 6) is -1.05. The van der Waals surface area contributed by atoms with Crippen LogP contribution in [0.1, 0.15) is 5.76 Å². The average Bonchev–Trinajstić information content (AvgIpc) is 3.32. The number of nitro benzene ring substituents is 1. The molecule has 0 spiro atoms. The van der Waals surface area contributed by atoms with Crippen LogP contribution in [0.3, 0.4) is 0 Å². The molecule has 2 aromatic rings. The SMILES string of the molecule is N=C1/C(=C/c2ccc(-c3ccc([N+](=O)[O-])cc3Br)o2)C(=O)N=C2SC(C(F)(F)F)=NN12. The van der Waals surface area contributed by atoms with Crippen molar-refractivity contribution >= 4 is 61.4 Å². The van der Waals surface area contributed by atoms with Crippen LogP contribution in [0.25, 0.3) is 17.4 Å². The number of hydrogen-bond acceptors (Lipinski definition) is 7. The fourth-order valence-corrected chi connectivity index (χ4v) is 3.96. The van der Waals surface area contributed by atoms with Crippen LogP contribution >= 0.6 is 27.7 Å². The number of nitro groups is 1. The first kappa shape index (κ1) is 21.0. The van der Waals surface area contributed by atoms with Gasteiger partial charge >= 0.3 is 6.18 Å². The molecule has 0 saturated heterocycles. The van der Waals surface area contributed by atoms with E-state index >= 15 is 0 Å². The highest BCUT2D eigenvalue weighted by Gasteiger charge is 2.46. The number of carbonyl (C=O) groups excluding carboxylic acids is 1. The Hall–Kier alpha value is -3.26. The van der Waals surface area contributed by atoms with Gasteiger partial charge in [0.15, 0.2) is 5.84 Å². The van der Waals surface area contributed by atoms with Crippen LogP contribution in [0.2, 0.25) is 0 Å². The van der Waals surface area contributed by atoms with Crippen molar-refractivity contribution in [2.24, 2.45) is 10.1 Å². The number of nitrogens with one attached hydrogen (secondary N) is 1. The third kappa shape index (κ3) is 3.90.